The Morgan fingerprint density at radius 2 is 2.04 bits per heavy atom. The summed E-state index contributed by atoms with van der Waals surface area (Å²) in [6.45, 7) is 0. The van der Waals surface area contributed by atoms with Crippen LogP contribution in [0.25, 0.3) is 11.3 Å². The van der Waals surface area contributed by atoms with Crippen molar-refractivity contribution >= 4 is 23.8 Å². The van der Waals surface area contributed by atoms with Gasteiger partial charge in [-0.15, -0.1) is 0 Å². The van der Waals surface area contributed by atoms with E-state index in [1.165, 1.54) is 18.3 Å². The molecule has 0 unspecified atom stereocenters. The van der Waals surface area contributed by atoms with Gasteiger partial charge in [0, 0.05) is 16.1 Å². The van der Waals surface area contributed by atoms with E-state index in [-0.39, 0.29) is 23.0 Å². The number of aromatic hydroxyl groups is 1. The molecule has 0 atom stereocenters. The molecule has 0 spiro atoms. The van der Waals surface area contributed by atoms with E-state index < -0.39 is 5.56 Å². The molecule has 2 aromatic carbocycles. The van der Waals surface area contributed by atoms with Gasteiger partial charge in [0.1, 0.15) is 17.4 Å². The highest BCUT2D eigenvalue weighted by Crippen LogP contribution is 2.21. The van der Waals surface area contributed by atoms with Crippen LogP contribution in [0.4, 0.5) is 5.95 Å². The summed E-state index contributed by atoms with van der Waals surface area (Å²) >= 11 is 5.87. The van der Waals surface area contributed by atoms with Gasteiger partial charge in [-0.05, 0) is 18.2 Å². The van der Waals surface area contributed by atoms with E-state index in [1.807, 2.05) is 12.1 Å². The quantitative estimate of drug-likeness (QED) is 0.485. The van der Waals surface area contributed by atoms with Crippen molar-refractivity contribution < 1.29 is 5.11 Å². The fraction of sp³-hybridized carbons (Fsp3) is 0. The molecule has 1 aromatic heterocycles. The summed E-state index contributed by atoms with van der Waals surface area (Å²) in [4.78, 5) is 18.8. The average Bonchev–Trinajstić information content (AvgIpc) is 2.65. The zero-order valence-corrected chi connectivity index (χ0v) is 14.0. The van der Waals surface area contributed by atoms with Gasteiger partial charge in [0.2, 0.25) is 5.95 Å². The number of nitriles is 1. The van der Waals surface area contributed by atoms with Gasteiger partial charge in [0.05, 0.1) is 11.9 Å². The second-order valence-electron chi connectivity index (χ2n) is 5.19. The number of nitrogens with one attached hydrogen (secondary N) is 2. The number of rotatable bonds is 4. The third-order valence-electron chi connectivity index (χ3n) is 3.44. The molecule has 0 bridgehead atoms. The lowest BCUT2D eigenvalue weighted by molar-refractivity contribution is 0.474. The molecule has 0 radical (unpaired) electrons. The Bertz CT molecular complexity index is 1070. The van der Waals surface area contributed by atoms with Crippen LogP contribution in [-0.2, 0) is 0 Å². The normalized spacial score (nSPS) is 10.6. The van der Waals surface area contributed by atoms with Gasteiger partial charge in [0.25, 0.3) is 5.56 Å². The fourth-order valence-corrected chi connectivity index (χ4v) is 2.41. The second kappa shape index (κ2) is 7.51. The average molecular weight is 366 g/mol. The van der Waals surface area contributed by atoms with Gasteiger partial charge in [-0.3, -0.25) is 9.78 Å². The monoisotopic (exact) mass is 365 g/mol. The molecule has 0 saturated carbocycles. The zero-order valence-electron chi connectivity index (χ0n) is 13.3. The molecule has 1 heterocycles. The van der Waals surface area contributed by atoms with E-state index in [9.17, 15) is 15.2 Å². The lowest BCUT2D eigenvalue weighted by atomic mass is 10.1. The smallest absolute Gasteiger partial charge is 0.270 e. The fourth-order valence-electron chi connectivity index (χ4n) is 2.23. The number of anilines is 1. The van der Waals surface area contributed by atoms with Crippen molar-refractivity contribution in [2.75, 3.05) is 5.43 Å². The Labute approximate surface area is 153 Å². The molecule has 0 fully saturated rings. The Kier molecular flexibility index (Phi) is 4.97. The topological polar surface area (TPSA) is 114 Å². The SMILES string of the molecule is N#Cc1c(-c2ccccc2)nc(NN=Cc2cc(Cl)ccc2O)[nH]c1=O. The van der Waals surface area contributed by atoms with Gasteiger partial charge < -0.3 is 5.11 Å². The molecule has 128 valence electrons. The summed E-state index contributed by atoms with van der Waals surface area (Å²) in [7, 11) is 0. The minimum atomic E-state index is -0.579. The van der Waals surface area contributed by atoms with Crippen molar-refractivity contribution in [3.63, 3.8) is 0 Å². The van der Waals surface area contributed by atoms with Gasteiger partial charge in [-0.1, -0.05) is 41.9 Å². The minimum absolute atomic E-state index is 0.00575. The molecule has 3 rings (SSSR count). The predicted molar refractivity (Wildman–Crippen MR) is 99.3 cm³/mol. The van der Waals surface area contributed by atoms with Gasteiger partial charge in [-0.2, -0.15) is 10.4 Å². The number of aromatic nitrogens is 2. The highest BCUT2D eigenvalue weighted by molar-refractivity contribution is 6.30. The first kappa shape index (κ1) is 17.2. The van der Waals surface area contributed by atoms with Crippen LogP contribution in [0.1, 0.15) is 11.1 Å². The molecule has 0 aliphatic heterocycles. The van der Waals surface area contributed by atoms with E-state index >= 15 is 0 Å². The maximum Gasteiger partial charge on any atom is 0.270 e. The Hall–Kier alpha value is -3.63. The first-order valence-corrected chi connectivity index (χ1v) is 7.83. The minimum Gasteiger partial charge on any atom is -0.507 e. The van der Waals surface area contributed by atoms with Crippen LogP contribution in [-0.4, -0.2) is 21.3 Å². The van der Waals surface area contributed by atoms with Gasteiger partial charge >= 0.3 is 0 Å². The van der Waals surface area contributed by atoms with Crippen LogP contribution in [0.3, 0.4) is 0 Å². The summed E-state index contributed by atoms with van der Waals surface area (Å²) in [5, 5.41) is 23.4. The number of aromatic amines is 1. The van der Waals surface area contributed by atoms with Crippen molar-refractivity contribution in [1.29, 1.82) is 5.26 Å². The van der Waals surface area contributed by atoms with Crippen molar-refractivity contribution in [3.05, 3.63) is 75.0 Å². The van der Waals surface area contributed by atoms with Crippen LogP contribution < -0.4 is 11.0 Å². The number of H-pyrrole nitrogens is 1. The van der Waals surface area contributed by atoms with Gasteiger partial charge in [-0.25, -0.2) is 10.4 Å². The number of hydrogen-bond donors (Lipinski definition) is 3. The summed E-state index contributed by atoms with van der Waals surface area (Å²) in [6.07, 6.45) is 1.33. The van der Waals surface area contributed by atoms with Crippen LogP contribution in [0.5, 0.6) is 5.75 Å². The van der Waals surface area contributed by atoms with Crippen molar-refractivity contribution in [1.82, 2.24) is 9.97 Å². The molecule has 0 aliphatic rings. The third kappa shape index (κ3) is 3.71. The van der Waals surface area contributed by atoms with E-state index in [2.05, 4.69) is 20.5 Å². The molecule has 26 heavy (non-hydrogen) atoms. The molecule has 3 aromatic rings. The number of hydrogen-bond acceptors (Lipinski definition) is 6. The lowest BCUT2D eigenvalue weighted by Crippen LogP contribution is -2.16. The summed E-state index contributed by atoms with van der Waals surface area (Å²) < 4.78 is 0. The lowest BCUT2D eigenvalue weighted by Gasteiger charge is -2.06. The molecule has 3 N–H and O–H groups in total. The third-order valence-corrected chi connectivity index (χ3v) is 3.68. The molecule has 0 aliphatic carbocycles. The largest absolute Gasteiger partial charge is 0.507 e. The summed E-state index contributed by atoms with van der Waals surface area (Å²) in [6, 6.07) is 15.3. The number of benzene rings is 2. The second-order valence-corrected chi connectivity index (χ2v) is 5.63. The Morgan fingerprint density at radius 3 is 2.77 bits per heavy atom. The zero-order chi connectivity index (χ0) is 18.5. The number of phenols is 1. The Balaban J connectivity index is 1.93. The van der Waals surface area contributed by atoms with Crippen LogP contribution in [0, 0.1) is 11.3 Å². The van der Waals surface area contributed by atoms with E-state index in [0.717, 1.165) is 0 Å². The number of hydrazone groups is 1. The van der Waals surface area contributed by atoms with Crippen LogP contribution >= 0.6 is 11.6 Å². The maximum atomic E-state index is 12.1. The van der Waals surface area contributed by atoms with Crippen LogP contribution in [0.15, 0.2) is 58.4 Å². The molecular weight excluding hydrogens is 354 g/mol. The van der Waals surface area contributed by atoms with Crippen molar-refractivity contribution in [2.45, 2.75) is 0 Å². The van der Waals surface area contributed by atoms with Gasteiger partial charge in [0.15, 0.2) is 0 Å². The molecular formula is C18H12ClN5O2. The first-order valence-electron chi connectivity index (χ1n) is 7.46. The molecule has 0 amide bonds. The predicted octanol–water partition coefficient (Wildman–Crippen LogP) is 3.11. The van der Waals surface area contributed by atoms with Crippen molar-refractivity contribution in [2.24, 2.45) is 5.10 Å². The van der Waals surface area contributed by atoms with Crippen LogP contribution in [0.2, 0.25) is 5.02 Å². The molecule has 0 saturated heterocycles. The highest BCUT2D eigenvalue weighted by Gasteiger charge is 2.12. The number of nitrogens with zero attached hydrogens (tertiary/aromatic N) is 3. The van der Waals surface area contributed by atoms with E-state index in [0.29, 0.717) is 16.1 Å². The molecule has 8 heteroatoms. The number of halogens is 1. The highest BCUT2D eigenvalue weighted by atomic mass is 35.5. The standard InChI is InChI=1S/C18H12ClN5O2/c19-13-6-7-15(25)12(8-13)10-21-24-18-22-16(11-4-2-1-3-5-11)14(9-20)17(26)23-18/h1-8,10,25H,(H2,22,23,24,26). The van der Waals surface area contributed by atoms with E-state index in [1.54, 1.807) is 30.3 Å². The summed E-state index contributed by atoms with van der Waals surface area (Å²) in [5.74, 6) is 0.0665. The number of phenolic OH excluding ortho intramolecular Hbond substituents is 1. The van der Waals surface area contributed by atoms with E-state index in [4.69, 9.17) is 11.6 Å². The molecule has 7 nitrogen and oxygen atoms in total. The van der Waals surface area contributed by atoms with Crippen molar-refractivity contribution in [3.8, 4) is 23.1 Å². The first-order chi connectivity index (χ1) is 12.6. The Morgan fingerprint density at radius 1 is 1.27 bits per heavy atom. The maximum absolute atomic E-state index is 12.1. The summed E-state index contributed by atoms with van der Waals surface area (Å²) in [5.41, 5.74) is 3.19.